The van der Waals surface area contributed by atoms with E-state index in [4.69, 9.17) is 14.2 Å². The van der Waals surface area contributed by atoms with Gasteiger partial charge in [0.25, 0.3) is 0 Å². The van der Waals surface area contributed by atoms with E-state index < -0.39 is 12.4 Å². The molecule has 0 spiro atoms. The van der Waals surface area contributed by atoms with Gasteiger partial charge in [0, 0.05) is 19.3 Å². The summed E-state index contributed by atoms with van der Waals surface area (Å²) in [6.45, 7) is 0.654. The second kappa shape index (κ2) is 8.20. The van der Waals surface area contributed by atoms with Gasteiger partial charge in [0.1, 0.15) is 12.2 Å². The summed E-state index contributed by atoms with van der Waals surface area (Å²) in [6.07, 6.45) is 0.336. The van der Waals surface area contributed by atoms with Crippen LogP contribution in [0.2, 0.25) is 0 Å². The molecule has 0 aromatic heterocycles. The third kappa shape index (κ3) is 3.90. The van der Waals surface area contributed by atoms with E-state index in [1.165, 1.54) is 0 Å². The van der Waals surface area contributed by atoms with Gasteiger partial charge in [-0.3, -0.25) is 4.79 Å². The van der Waals surface area contributed by atoms with Crippen LogP contribution >= 0.6 is 0 Å². The van der Waals surface area contributed by atoms with E-state index in [1.807, 2.05) is 60.7 Å². The number of hydrogen-bond donors (Lipinski definition) is 0. The lowest BCUT2D eigenvalue weighted by molar-refractivity contribution is -0.223. The van der Waals surface area contributed by atoms with Gasteiger partial charge in [0.15, 0.2) is 12.1 Å². The monoisotopic (exact) mass is 326 g/mol. The predicted molar refractivity (Wildman–Crippen MR) is 90.8 cm³/mol. The van der Waals surface area contributed by atoms with Crippen LogP contribution in [0, 0.1) is 0 Å². The molecule has 3 unspecified atom stereocenters. The third-order valence-corrected chi connectivity index (χ3v) is 4.16. The van der Waals surface area contributed by atoms with Crippen molar-refractivity contribution in [3.63, 3.8) is 0 Å². The molecule has 24 heavy (non-hydrogen) atoms. The summed E-state index contributed by atoms with van der Waals surface area (Å²) < 4.78 is 17.2. The molecule has 3 atom stereocenters. The van der Waals surface area contributed by atoms with E-state index in [-0.39, 0.29) is 11.9 Å². The minimum Gasteiger partial charge on any atom is -0.357 e. The van der Waals surface area contributed by atoms with Gasteiger partial charge in [0.2, 0.25) is 0 Å². The largest absolute Gasteiger partial charge is 0.357 e. The highest BCUT2D eigenvalue weighted by atomic mass is 16.7. The Morgan fingerprint density at radius 1 is 1.08 bits per heavy atom. The van der Waals surface area contributed by atoms with Crippen molar-refractivity contribution in [3.05, 3.63) is 71.8 Å². The molecule has 1 aliphatic rings. The number of Topliss-reactive ketones (excluding diaryl/α,β-unsaturated/α-hetero) is 1. The van der Waals surface area contributed by atoms with Gasteiger partial charge < -0.3 is 14.2 Å². The molecule has 1 saturated heterocycles. The van der Waals surface area contributed by atoms with Crippen LogP contribution in [-0.2, 0) is 14.2 Å². The van der Waals surface area contributed by atoms with E-state index in [1.54, 1.807) is 7.11 Å². The van der Waals surface area contributed by atoms with Gasteiger partial charge in [-0.15, -0.1) is 0 Å². The fourth-order valence-corrected chi connectivity index (χ4v) is 2.93. The van der Waals surface area contributed by atoms with Crippen molar-refractivity contribution in [2.24, 2.45) is 0 Å². The van der Waals surface area contributed by atoms with Crippen molar-refractivity contribution in [2.45, 2.75) is 31.3 Å². The maximum atomic E-state index is 13.0. The molecule has 1 heterocycles. The highest BCUT2D eigenvalue weighted by molar-refractivity contribution is 6.00. The molecule has 3 rings (SSSR count). The number of carbonyl (C=O) groups excluding carboxylic acids is 1. The molecule has 1 aliphatic heterocycles. The SMILES string of the molecule is COC1OCCCC1OC(C(=O)c1ccccc1)c1ccccc1. The minimum atomic E-state index is -0.669. The molecule has 4 heteroatoms. The normalized spacial score (nSPS) is 22.0. The first-order chi connectivity index (χ1) is 11.8. The minimum absolute atomic E-state index is 0.0535. The molecule has 2 aromatic rings. The molecule has 0 radical (unpaired) electrons. The second-order valence-electron chi connectivity index (χ2n) is 5.81. The van der Waals surface area contributed by atoms with Gasteiger partial charge in [-0.25, -0.2) is 0 Å². The zero-order valence-electron chi connectivity index (χ0n) is 13.8. The molecular formula is C20H22O4. The van der Waals surface area contributed by atoms with Crippen LogP contribution in [0.4, 0.5) is 0 Å². The topological polar surface area (TPSA) is 44.8 Å². The van der Waals surface area contributed by atoms with Crippen molar-refractivity contribution in [1.29, 1.82) is 0 Å². The maximum Gasteiger partial charge on any atom is 0.196 e. The quantitative estimate of drug-likeness (QED) is 0.758. The number of rotatable bonds is 6. The lowest BCUT2D eigenvalue weighted by Gasteiger charge is -2.33. The Bertz CT molecular complexity index is 641. The van der Waals surface area contributed by atoms with Gasteiger partial charge >= 0.3 is 0 Å². The lowest BCUT2D eigenvalue weighted by Crippen LogP contribution is -2.39. The lowest BCUT2D eigenvalue weighted by atomic mass is 9.99. The number of carbonyl (C=O) groups is 1. The van der Waals surface area contributed by atoms with E-state index in [0.29, 0.717) is 12.2 Å². The van der Waals surface area contributed by atoms with E-state index >= 15 is 0 Å². The van der Waals surface area contributed by atoms with E-state index in [9.17, 15) is 4.79 Å². The summed E-state index contributed by atoms with van der Waals surface area (Å²) in [5.41, 5.74) is 1.48. The van der Waals surface area contributed by atoms with Crippen LogP contribution in [0.3, 0.4) is 0 Å². The van der Waals surface area contributed by atoms with Gasteiger partial charge in [-0.1, -0.05) is 60.7 Å². The Kier molecular flexibility index (Phi) is 5.75. The Hall–Kier alpha value is -2.01. The highest BCUT2D eigenvalue weighted by Gasteiger charge is 2.33. The van der Waals surface area contributed by atoms with Gasteiger partial charge in [-0.2, -0.15) is 0 Å². The summed E-state index contributed by atoms with van der Waals surface area (Å²) in [6, 6.07) is 18.8. The Labute approximate surface area is 142 Å². The zero-order chi connectivity index (χ0) is 16.8. The van der Waals surface area contributed by atoms with E-state index in [2.05, 4.69) is 0 Å². The van der Waals surface area contributed by atoms with Gasteiger partial charge in [-0.05, 0) is 18.4 Å². The van der Waals surface area contributed by atoms with Crippen molar-refractivity contribution in [2.75, 3.05) is 13.7 Å². The summed E-state index contributed by atoms with van der Waals surface area (Å²) in [7, 11) is 1.60. The highest BCUT2D eigenvalue weighted by Crippen LogP contribution is 2.28. The molecule has 0 bridgehead atoms. The van der Waals surface area contributed by atoms with Gasteiger partial charge in [0.05, 0.1) is 0 Å². The summed E-state index contributed by atoms with van der Waals surface area (Å²) >= 11 is 0. The fourth-order valence-electron chi connectivity index (χ4n) is 2.93. The smallest absolute Gasteiger partial charge is 0.196 e. The third-order valence-electron chi connectivity index (χ3n) is 4.16. The number of benzene rings is 2. The van der Waals surface area contributed by atoms with Crippen molar-refractivity contribution < 1.29 is 19.0 Å². The first-order valence-corrected chi connectivity index (χ1v) is 8.23. The van der Waals surface area contributed by atoms with Crippen molar-refractivity contribution in [3.8, 4) is 0 Å². The van der Waals surface area contributed by atoms with Crippen LogP contribution in [-0.4, -0.2) is 31.9 Å². The van der Waals surface area contributed by atoms with Crippen LogP contribution in [0.25, 0.3) is 0 Å². The maximum absolute atomic E-state index is 13.0. The molecular weight excluding hydrogens is 304 g/mol. The molecule has 126 valence electrons. The van der Waals surface area contributed by atoms with Crippen molar-refractivity contribution >= 4 is 5.78 Å². The predicted octanol–water partition coefficient (Wildman–Crippen LogP) is 3.78. The number of methoxy groups -OCH3 is 1. The standard InChI is InChI=1S/C20H22O4/c1-22-20-17(13-8-14-23-20)24-19(16-11-6-3-7-12-16)18(21)15-9-4-2-5-10-15/h2-7,9-12,17,19-20H,8,13-14H2,1H3. The Morgan fingerprint density at radius 2 is 1.75 bits per heavy atom. The Morgan fingerprint density at radius 3 is 2.42 bits per heavy atom. The molecule has 2 aromatic carbocycles. The van der Waals surface area contributed by atoms with E-state index in [0.717, 1.165) is 18.4 Å². The first kappa shape index (κ1) is 16.8. The molecule has 1 fully saturated rings. The molecule has 4 nitrogen and oxygen atoms in total. The van der Waals surface area contributed by atoms with Crippen LogP contribution in [0.1, 0.15) is 34.9 Å². The number of hydrogen-bond acceptors (Lipinski definition) is 4. The summed E-state index contributed by atoms with van der Waals surface area (Å²) in [5, 5.41) is 0. The average molecular weight is 326 g/mol. The molecule has 0 aliphatic carbocycles. The summed E-state index contributed by atoms with van der Waals surface area (Å²) in [4.78, 5) is 13.0. The zero-order valence-corrected chi connectivity index (χ0v) is 13.8. The fraction of sp³-hybridized carbons (Fsp3) is 0.350. The Balaban J connectivity index is 1.86. The summed E-state index contributed by atoms with van der Waals surface area (Å²) in [5.74, 6) is -0.0535. The number of ether oxygens (including phenoxy) is 3. The second-order valence-corrected chi connectivity index (χ2v) is 5.81. The average Bonchev–Trinajstić information content (AvgIpc) is 2.67. The van der Waals surface area contributed by atoms with Crippen molar-refractivity contribution in [1.82, 2.24) is 0 Å². The molecule has 0 saturated carbocycles. The molecule has 0 amide bonds. The number of ketones is 1. The first-order valence-electron chi connectivity index (χ1n) is 8.23. The van der Waals surface area contributed by atoms with Crippen LogP contribution in [0.5, 0.6) is 0 Å². The molecule has 0 N–H and O–H groups in total. The van der Waals surface area contributed by atoms with Crippen LogP contribution in [0.15, 0.2) is 60.7 Å². The van der Waals surface area contributed by atoms with Crippen LogP contribution < -0.4 is 0 Å².